The number of aliphatic hydroxyl groups is 1. The molecule has 3 nitrogen and oxygen atoms in total. The lowest BCUT2D eigenvalue weighted by molar-refractivity contribution is 0.172. The molecule has 2 aromatic carbocycles. The monoisotopic (exact) mass is 302 g/mol. The SMILES string of the molecule is OC(Cc1cc(Cl)ccc1F)c1cnc2ccccc2n1. The van der Waals surface area contributed by atoms with Gasteiger partial charge in [0.15, 0.2) is 0 Å². The third kappa shape index (κ3) is 3.01. The topological polar surface area (TPSA) is 46.0 Å². The second-order valence-corrected chi connectivity index (χ2v) is 5.18. The molecule has 5 heteroatoms. The third-order valence-electron chi connectivity index (χ3n) is 3.23. The van der Waals surface area contributed by atoms with Crippen LogP contribution in [0, 0.1) is 5.82 Å². The van der Waals surface area contributed by atoms with Gasteiger partial charge in [0, 0.05) is 11.4 Å². The van der Waals surface area contributed by atoms with Gasteiger partial charge in [-0.05, 0) is 35.9 Å². The van der Waals surface area contributed by atoms with Gasteiger partial charge in [0.05, 0.1) is 22.9 Å². The first-order valence-corrected chi connectivity index (χ1v) is 6.85. The summed E-state index contributed by atoms with van der Waals surface area (Å²) in [6, 6.07) is 11.7. The van der Waals surface area contributed by atoms with Gasteiger partial charge in [-0.2, -0.15) is 0 Å². The lowest BCUT2D eigenvalue weighted by atomic mass is 10.1. The highest BCUT2D eigenvalue weighted by Crippen LogP contribution is 2.22. The molecule has 0 fully saturated rings. The molecule has 0 bridgehead atoms. The fraction of sp³-hybridized carbons (Fsp3) is 0.125. The zero-order valence-corrected chi connectivity index (χ0v) is 11.8. The molecule has 3 rings (SSSR count). The van der Waals surface area contributed by atoms with Crippen LogP contribution in [-0.4, -0.2) is 15.1 Å². The molecule has 0 radical (unpaired) electrons. The summed E-state index contributed by atoms with van der Waals surface area (Å²) in [7, 11) is 0. The smallest absolute Gasteiger partial charge is 0.126 e. The lowest BCUT2D eigenvalue weighted by Crippen LogP contribution is -2.06. The number of hydrogen-bond acceptors (Lipinski definition) is 3. The molecule has 106 valence electrons. The zero-order chi connectivity index (χ0) is 14.8. The Hall–Kier alpha value is -2.04. The number of nitrogens with zero attached hydrogens (tertiary/aromatic N) is 2. The maximum absolute atomic E-state index is 13.7. The fourth-order valence-electron chi connectivity index (χ4n) is 2.14. The summed E-state index contributed by atoms with van der Waals surface area (Å²) in [5.41, 5.74) is 2.21. The fourth-order valence-corrected chi connectivity index (χ4v) is 2.34. The number of fused-ring (bicyclic) bond motifs is 1. The number of hydrogen-bond donors (Lipinski definition) is 1. The van der Waals surface area contributed by atoms with E-state index in [2.05, 4.69) is 9.97 Å². The van der Waals surface area contributed by atoms with Crippen LogP contribution in [0.1, 0.15) is 17.4 Å². The van der Waals surface area contributed by atoms with Crippen LogP contribution in [-0.2, 0) is 6.42 Å². The minimum atomic E-state index is -0.935. The Balaban J connectivity index is 1.89. The molecular formula is C16H12ClFN2O. The Kier molecular flexibility index (Phi) is 3.82. The third-order valence-corrected chi connectivity index (χ3v) is 3.46. The van der Waals surface area contributed by atoms with E-state index in [0.29, 0.717) is 21.8 Å². The van der Waals surface area contributed by atoms with Crippen LogP contribution in [0.15, 0.2) is 48.7 Å². The van der Waals surface area contributed by atoms with Crippen LogP contribution in [0.25, 0.3) is 11.0 Å². The molecule has 0 aliphatic rings. The van der Waals surface area contributed by atoms with Crippen molar-refractivity contribution >= 4 is 22.6 Å². The van der Waals surface area contributed by atoms with Gasteiger partial charge in [0.2, 0.25) is 0 Å². The van der Waals surface area contributed by atoms with E-state index in [0.717, 1.165) is 5.52 Å². The van der Waals surface area contributed by atoms with E-state index < -0.39 is 11.9 Å². The molecule has 3 aromatic rings. The van der Waals surface area contributed by atoms with Gasteiger partial charge in [-0.1, -0.05) is 23.7 Å². The number of aliphatic hydroxyl groups excluding tert-OH is 1. The highest BCUT2D eigenvalue weighted by Gasteiger charge is 2.14. The van der Waals surface area contributed by atoms with Crippen molar-refractivity contribution in [3.8, 4) is 0 Å². The van der Waals surface area contributed by atoms with Gasteiger partial charge in [-0.15, -0.1) is 0 Å². The van der Waals surface area contributed by atoms with Gasteiger partial charge in [0.1, 0.15) is 11.9 Å². The minimum Gasteiger partial charge on any atom is -0.386 e. The molecule has 0 amide bonds. The maximum atomic E-state index is 13.7. The van der Waals surface area contributed by atoms with Crippen LogP contribution in [0.2, 0.25) is 5.02 Å². The molecule has 1 unspecified atom stereocenters. The quantitative estimate of drug-likeness (QED) is 0.802. The maximum Gasteiger partial charge on any atom is 0.126 e. The molecule has 0 aliphatic carbocycles. The molecule has 21 heavy (non-hydrogen) atoms. The highest BCUT2D eigenvalue weighted by molar-refractivity contribution is 6.30. The van der Waals surface area contributed by atoms with Crippen LogP contribution < -0.4 is 0 Å². The molecule has 1 N–H and O–H groups in total. The van der Waals surface area contributed by atoms with Crippen LogP contribution in [0.5, 0.6) is 0 Å². The standard InChI is InChI=1S/C16H12ClFN2O/c17-11-5-6-12(18)10(7-11)8-16(21)15-9-19-13-3-1-2-4-14(13)20-15/h1-7,9,16,21H,8H2. The number of rotatable bonds is 3. The predicted molar refractivity (Wildman–Crippen MR) is 79.6 cm³/mol. The van der Waals surface area contributed by atoms with E-state index in [1.807, 2.05) is 24.3 Å². The Morgan fingerprint density at radius 2 is 1.90 bits per heavy atom. The van der Waals surface area contributed by atoms with Crippen molar-refractivity contribution in [3.05, 3.63) is 70.8 Å². The summed E-state index contributed by atoms with van der Waals surface area (Å²) in [6.07, 6.45) is 0.671. The van der Waals surface area contributed by atoms with Crippen molar-refractivity contribution in [1.29, 1.82) is 0 Å². The summed E-state index contributed by atoms with van der Waals surface area (Å²) in [5, 5.41) is 10.7. The van der Waals surface area contributed by atoms with E-state index >= 15 is 0 Å². The molecule has 0 saturated heterocycles. The number of benzene rings is 2. The van der Waals surface area contributed by atoms with Crippen molar-refractivity contribution in [1.82, 2.24) is 9.97 Å². The number of halogens is 2. The van der Waals surface area contributed by atoms with Gasteiger partial charge in [-0.3, -0.25) is 4.98 Å². The average Bonchev–Trinajstić information content (AvgIpc) is 2.50. The molecular weight excluding hydrogens is 291 g/mol. The predicted octanol–water partition coefficient (Wildman–Crippen LogP) is 3.70. The number of aromatic nitrogens is 2. The molecule has 1 heterocycles. The van der Waals surface area contributed by atoms with Crippen molar-refractivity contribution in [2.75, 3.05) is 0 Å². The van der Waals surface area contributed by atoms with Gasteiger partial charge in [-0.25, -0.2) is 9.37 Å². The Morgan fingerprint density at radius 1 is 1.14 bits per heavy atom. The van der Waals surface area contributed by atoms with Crippen LogP contribution in [0.3, 0.4) is 0 Å². The molecule has 0 spiro atoms. The van der Waals surface area contributed by atoms with E-state index in [1.54, 1.807) is 0 Å². The molecule has 1 aromatic heterocycles. The summed E-state index contributed by atoms with van der Waals surface area (Å²) in [6.45, 7) is 0. The summed E-state index contributed by atoms with van der Waals surface area (Å²) < 4.78 is 13.7. The Morgan fingerprint density at radius 3 is 2.71 bits per heavy atom. The minimum absolute atomic E-state index is 0.0966. The summed E-state index contributed by atoms with van der Waals surface area (Å²) in [4.78, 5) is 8.60. The highest BCUT2D eigenvalue weighted by atomic mass is 35.5. The first-order chi connectivity index (χ1) is 10.1. The lowest BCUT2D eigenvalue weighted by Gasteiger charge is -2.11. The first-order valence-electron chi connectivity index (χ1n) is 6.47. The van der Waals surface area contributed by atoms with Gasteiger partial charge < -0.3 is 5.11 Å². The van der Waals surface area contributed by atoms with Crippen LogP contribution >= 0.6 is 11.6 Å². The molecule has 0 saturated carbocycles. The van der Waals surface area contributed by atoms with Crippen molar-refractivity contribution in [2.45, 2.75) is 12.5 Å². The van der Waals surface area contributed by atoms with Gasteiger partial charge in [0.25, 0.3) is 0 Å². The Labute approximate surface area is 126 Å². The van der Waals surface area contributed by atoms with E-state index in [9.17, 15) is 9.50 Å². The largest absolute Gasteiger partial charge is 0.386 e. The van der Waals surface area contributed by atoms with Crippen LogP contribution in [0.4, 0.5) is 4.39 Å². The molecule has 0 aliphatic heterocycles. The normalized spacial score (nSPS) is 12.5. The second-order valence-electron chi connectivity index (χ2n) is 4.74. The van der Waals surface area contributed by atoms with Gasteiger partial charge >= 0.3 is 0 Å². The second kappa shape index (κ2) is 5.76. The summed E-state index contributed by atoms with van der Waals surface area (Å²) in [5.74, 6) is -0.396. The van der Waals surface area contributed by atoms with E-state index in [1.165, 1.54) is 24.4 Å². The zero-order valence-electron chi connectivity index (χ0n) is 11.0. The van der Waals surface area contributed by atoms with E-state index in [4.69, 9.17) is 11.6 Å². The van der Waals surface area contributed by atoms with Crippen molar-refractivity contribution < 1.29 is 9.50 Å². The van der Waals surface area contributed by atoms with E-state index in [-0.39, 0.29) is 6.42 Å². The Bertz CT molecular complexity index is 794. The van der Waals surface area contributed by atoms with Crippen molar-refractivity contribution in [2.24, 2.45) is 0 Å². The van der Waals surface area contributed by atoms with Crippen molar-refractivity contribution in [3.63, 3.8) is 0 Å². The first kappa shape index (κ1) is 13.9. The molecule has 1 atom stereocenters. The summed E-state index contributed by atoms with van der Waals surface area (Å²) >= 11 is 5.85. The number of para-hydroxylation sites is 2. The average molecular weight is 303 g/mol.